The molecule has 0 bridgehead atoms. The Morgan fingerprint density at radius 3 is 3.00 bits per heavy atom. The molecule has 1 saturated heterocycles. The molecule has 0 spiro atoms. The summed E-state index contributed by atoms with van der Waals surface area (Å²) in [5.41, 5.74) is 1.03. The molecule has 1 aliphatic heterocycles. The lowest BCUT2D eigenvalue weighted by atomic mass is 9.98. The van der Waals surface area contributed by atoms with Crippen molar-refractivity contribution in [3.63, 3.8) is 0 Å². The largest absolute Gasteiger partial charge is 0.496 e. The highest BCUT2D eigenvalue weighted by Crippen LogP contribution is 2.27. The molecule has 4 nitrogen and oxygen atoms in total. The number of methoxy groups -OCH3 is 1. The van der Waals surface area contributed by atoms with Gasteiger partial charge in [-0.1, -0.05) is 6.07 Å². The second-order valence-electron chi connectivity index (χ2n) is 4.61. The van der Waals surface area contributed by atoms with E-state index in [4.69, 9.17) is 10.00 Å². The molecule has 1 amide bonds. The normalized spacial score (nSPS) is 19.1. The Morgan fingerprint density at radius 1 is 1.58 bits per heavy atom. The lowest BCUT2D eigenvalue weighted by Crippen LogP contribution is -2.38. The molecular formula is C14H15BrN2O2. The summed E-state index contributed by atoms with van der Waals surface area (Å²) in [7, 11) is 1.62. The van der Waals surface area contributed by atoms with Gasteiger partial charge in [-0.25, -0.2) is 0 Å². The second-order valence-corrected chi connectivity index (χ2v) is 5.46. The van der Waals surface area contributed by atoms with E-state index in [0.717, 1.165) is 15.8 Å². The topological polar surface area (TPSA) is 53.3 Å². The minimum atomic E-state index is -0.0422. The first-order valence-electron chi connectivity index (χ1n) is 6.14. The molecule has 1 aliphatic rings. The third-order valence-electron chi connectivity index (χ3n) is 3.27. The summed E-state index contributed by atoms with van der Waals surface area (Å²) >= 11 is 3.43. The molecule has 1 atom stereocenters. The van der Waals surface area contributed by atoms with Crippen molar-refractivity contribution in [2.75, 3.05) is 13.7 Å². The van der Waals surface area contributed by atoms with Gasteiger partial charge in [-0.15, -0.1) is 0 Å². The summed E-state index contributed by atoms with van der Waals surface area (Å²) in [6.45, 7) is 1.07. The van der Waals surface area contributed by atoms with Gasteiger partial charge in [0.15, 0.2) is 0 Å². The number of likely N-dealkylation sites (tertiary alicyclic amines) is 1. The maximum absolute atomic E-state index is 11.8. The fourth-order valence-corrected chi connectivity index (χ4v) is 2.79. The van der Waals surface area contributed by atoms with Crippen LogP contribution >= 0.6 is 15.9 Å². The molecule has 5 heteroatoms. The molecule has 1 unspecified atom stereocenters. The average Bonchev–Trinajstić information content (AvgIpc) is 2.41. The molecule has 19 heavy (non-hydrogen) atoms. The third kappa shape index (κ3) is 3.27. The van der Waals surface area contributed by atoms with Crippen molar-refractivity contribution in [1.82, 2.24) is 4.90 Å². The van der Waals surface area contributed by atoms with Crippen LogP contribution in [0.2, 0.25) is 0 Å². The first kappa shape index (κ1) is 13.9. The number of carbonyl (C=O) groups excluding carboxylic acids is 1. The van der Waals surface area contributed by atoms with Crippen molar-refractivity contribution >= 4 is 21.8 Å². The van der Waals surface area contributed by atoms with E-state index in [-0.39, 0.29) is 11.8 Å². The monoisotopic (exact) mass is 322 g/mol. The van der Waals surface area contributed by atoms with Crippen LogP contribution in [0.15, 0.2) is 22.7 Å². The molecule has 0 saturated carbocycles. The summed E-state index contributed by atoms with van der Waals surface area (Å²) < 4.78 is 6.04. The van der Waals surface area contributed by atoms with E-state index in [0.29, 0.717) is 25.9 Å². The van der Waals surface area contributed by atoms with Gasteiger partial charge in [0.2, 0.25) is 5.91 Å². The number of nitriles is 1. The average molecular weight is 323 g/mol. The SMILES string of the molecule is COc1ccc(CN2CC(C#N)CCC2=O)cc1Br. The minimum absolute atomic E-state index is 0.0422. The Kier molecular flexibility index (Phi) is 4.43. The summed E-state index contributed by atoms with van der Waals surface area (Å²) in [6, 6.07) is 8.00. The Labute approximate surface area is 121 Å². The highest BCUT2D eigenvalue weighted by molar-refractivity contribution is 9.10. The Bertz CT molecular complexity index is 525. The number of hydrogen-bond acceptors (Lipinski definition) is 3. The van der Waals surface area contributed by atoms with E-state index in [2.05, 4.69) is 22.0 Å². The van der Waals surface area contributed by atoms with Crippen molar-refractivity contribution in [2.24, 2.45) is 5.92 Å². The number of amides is 1. The first-order chi connectivity index (χ1) is 9.13. The zero-order chi connectivity index (χ0) is 13.8. The second kappa shape index (κ2) is 6.07. The predicted octanol–water partition coefficient (Wildman–Crippen LogP) is 2.72. The van der Waals surface area contributed by atoms with E-state index in [9.17, 15) is 4.79 Å². The summed E-state index contributed by atoms with van der Waals surface area (Å²) in [5.74, 6) is 0.849. The Hall–Kier alpha value is -1.54. The minimum Gasteiger partial charge on any atom is -0.496 e. The van der Waals surface area contributed by atoms with Crippen LogP contribution in [-0.2, 0) is 11.3 Å². The van der Waals surface area contributed by atoms with Crippen LogP contribution in [0, 0.1) is 17.2 Å². The third-order valence-corrected chi connectivity index (χ3v) is 3.89. The van der Waals surface area contributed by atoms with Gasteiger partial charge in [-0.3, -0.25) is 4.79 Å². The molecule has 0 aliphatic carbocycles. The molecule has 1 heterocycles. The van der Waals surface area contributed by atoms with E-state index >= 15 is 0 Å². The maximum atomic E-state index is 11.8. The van der Waals surface area contributed by atoms with Gasteiger partial charge >= 0.3 is 0 Å². The van der Waals surface area contributed by atoms with Gasteiger partial charge in [-0.05, 0) is 40.0 Å². The van der Waals surface area contributed by atoms with Gasteiger partial charge in [0.25, 0.3) is 0 Å². The van der Waals surface area contributed by atoms with Crippen molar-refractivity contribution < 1.29 is 9.53 Å². The maximum Gasteiger partial charge on any atom is 0.222 e. The van der Waals surface area contributed by atoms with Crippen molar-refractivity contribution in [1.29, 1.82) is 5.26 Å². The van der Waals surface area contributed by atoms with Crippen LogP contribution in [0.4, 0.5) is 0 Å². The van der Waals surface area contributed by atoms with E-state index in [1.165, 1.54) is 0 Å². The number of hydrogen-bond donors (Lipinski definition) is 0. The highest BCUT2D eigenvalue weighted by Gasteiger charge is 2.25. The van der Waals surface area contributed by atoms with E-state index < -0.39 is 0 Å². The number of ether oxygens (including phenoxy) is 1. The van der Waals surface area contributed by atoms with Gasteiger partial charge in [0, 0.05) is 19.5 Å². The summed E-state index contributed by atoms with van der Waals surface area (Å²) in [6.07, 6.45) is 1.15. The molecular weight excluding hydrogens is 308 g/mol. The van der Waals surface area contributed by atoms with Crippen LogP contribution in [0.5, 0.6) is 5.75 Å². The van der Waals surface area contributed by atoms with Crippen LogP contribution in [-0.4, -0.2) is 24.5 Å². The van der Waals surface area contributed by atoms with Gasteiger partial charge in [-0.2, -0.15) is 5.26 Å². The summed E-state index contributed by atoms with van der Waals surface area (Å²) in [4.78, 5) is 13.6. The Balaban J connectivity index is 2.09. The fraction of sp³-hybridized carbons (Fsp3) is 0.429. The number of rotatable bonds is 3. The van der Waals surface area contributed by atoms with Crippen molar-refractivity contribution in [3.05, 3.63) is 28.2 Å². The molecule has 0 radical (unpaired) electrons. The van der Waals surface area contributed by atoms with Crippen LogP contribution in [0.1, 0.15) is 18.4 Å². The lowest BCUT2D eigenvalue weighted by molar-refractivity contribution is -0.134. The van der Waals surface area contributed by atoms with E-state index in [1.807, 2.05) is 18.2 Å². The molecule has 1 aromatic rings. The Morgan fingerprint density at radius 2 is 2.37 bits per heavy atom. The fourth-order valence-electron chi connectivity index (χ4n) is 2.20. The molecule has 0 N–H and O–H groups in total. The zero-order valence-electron chi connectivity index (χ0n) is 10.7. The number of nitrogens with zero attached hydrogens (tertiary/aromatic N) is 2. The van der Waals surface area contributed by atoms with Crippen LogP contribution < -0.4 is 4.74 Å². The van der Waals surface area contributed by atoms with Gasteiger partial charge in [0.1, 0.15) is 5.75 Å². The standard InChI is InChI=1S/C14H15BrN2O2/c1-19-13-4-2-10(6-12(13)15)8-17-9-11(7-16)3-5-14(17)18/h2,4,6,11H,3,5,8-9H2,1H3. The number of piperidine rings is 1. The quantitative estimate of drug-likeness (QED) is 0.859. The van der Waals surface area contributed by atoms with Crippen LogP contribution in [0.25, 0.3) is 0 Å². The number of benzene rings is 1. The highest BCUT2D eigenvalue weighted by atomic mass is 79.9. The first-order valence-corrected chi connectivity index (χ1v) is 6.93. The van der Waals surface area contributed by atoms with Crippen molar-refractivity contribution in [2.45, 2.75) is 19.4 Å². The molecule has 1 aromatic carbocycles. The lowest BCUT2D eigenvalue weighted by Gasteiger charge is -2.29. The molecule has 0 aromatic heterocycles. The summed E-state index contributed by atoms with van der Waals surface area (Å²) in [5, 5.41) is 8.96. The van der Waals surface area contributed by atoms with Crippen molar-refractivity contribution in [3.8, 4) is 11.8 Å². The number of carbonyl (C=O) groups is 1. The van der Waals surface area contributed by atoms with E-state index in [1.54, 1.807) is 12.0 Å². The number of halogens is 1. The molecule has 100 valence electrons. The predicted molar refractivity (Wildman–Crippen MR) is 74.4 cm³/mol. The van der Waals surface area contributed by atoms with Gasteiger partial charge in [0.05, 0.1) is 23.6 Å². The molecule has 1 fully saturated rings. The van der Waals surface area contributed by atoms with Gasteiger partial charge < -0.3 is 9.64 Å². The zero-order valence-corrected chi connectivity index (χ0v) is 12.3. The molecule has 2 rings (SSSR count). The van der Waals surface area contributed by atoms with Crippen LogP contribution in [0.3, 0.4) is 0 Å². The smallest absolute Gasteiger partial charge is 0.222 e.